The summed E-state index contributed by atoms with van der Waals surface area (Å²) in [4.78, 5) is 0. The van der Waals surface area contributed by atoms with Gasteiger partial charge in [0.1, 0.15) is 0 Å². The molecule has 0 radical (unpaired) electrons. The maximum atomic E-state index is 10.0. The van der Waals surface area contributed by atoms with Crippen molar-refractivity contribution in [2.24, 2.45) is 11.8 Å². The molecule has 1 aliphatic carbocycles. The van der Waals surface area contributed by atoms with Crippen molar-refractivity contribution in [3.8, 4) is 0 Å². The van der Waals surface area contributed by atoms with E-state index in [1.54, 1.807) is 19.9 Å². The molecule has 0 aromatic heterocycles. The van der Waals surface area contributed by atoms with Gasteiger partial charge in [-0.2, -0.15) is 0 Å². The molecule has 0 amide bonds. The Bertz CT molecular complexity index is 201. The molecule has 0 spiro atoms. The molecule has 1 rings (SSSR count). The molecule has 1 saturated carbocycles. The molecule has 0 bridgehead atoms. The van der Waals surface area contributed by atoms with Crippen LogP contribution in [-0.4, -0.2) is 21.4 Å². The molecule has 0 heterocycles. The van der Waals surface area contributed by atoms with Crippen molar-refractivity contribution in [2.45, 2.75) is 44.8 Å². The summed E-state index contributed by atoms with van der Waals surface area (Å²) in [7, 11) is 0. The minimum atomic E-state index is -0.723. The van der Waals surface area contributed by atoms with E-state index in [9.17, 15) is 10.2 Å². The summed E-state index contributed by atoms with van der Waals surface area (Å²) < 4.78 is 0. The quantitative estimate of drug-likeness (QED) is 0.641. The van der Waals surface area contributed by atoms with Crippen LogP contribution < -0.4 is 0 Å². The molecule has 2 heteroatoms. The van der Waals surface area contributed by atoms with E-state index in [2.05, 4.69) is 6.58 Å². The van der Waals surface area contributed by atoms with Crippen LogP contribution >= 0.6 is 0 Å². The summed E-state index contributed by atoms with van der Waals surface area (Å²) in [5, 5.41) is 19.9. The molecule has 0 saturated heterocycles. The van der Waals surface area contributed by atoms with Crippen LogP contribution in [0.3, 0.4) is 0 Å². The lowest BCUT2D eigenvalue weighted by atomic mass is 9.79. The molecule has 76 valence electrons. The predicted octanol–water partition coefficient (Wildman–Crippen LogP) is 1.72. The molecule has 0 aromatic rings. The molecule has 1 fully saturated rings. The second-order valence-electron chi connectivity index (χ2n) is 4.92. The molecule has 2 N–H and O–H groups in total. The zero-order valence-electron chi connectivity index (χ0n) is 8.75. The maximum Gasteiger partial charge on any atom is 0.0685 e. The van der Waals surface area contributed by atoms with E-state index in [0.29, 0.717) is 0 Å². The Kier molecular flexibility index (Phi) is 2.56. The van der Waals surface area contributed by atoms with E-state index < -0.39 is 11.2 Å². The van der Waals surface area contributed by atoms with Gasteiger partial charge in [-0.15, -0.1) is 6.58 Å². The lowest BCUT2D eigenvalue weighted by Crippen LogP contribution is -2.39. The zero-order valence-corrected chi connectivity index (χ0v) is 8.75. The lowest BCUT2D eigenvalue weighted by molar-refractivity contribution is -0.0293. The van der Waals surface area contributed by atoms with Crippen molar-refractivity contribution >= 4 is 0 Å². The number of aliphatic hydroxyl groups is 2. The summed E-state index contributed by atoms with van der Waals surface area (Å²) in [6.45, 7) is 9.16. The normalized spacial score (nSPS) is 40.7. The molecular formula is C11H20O2. The fourth-order valence-corrected chi connectivity index (χ4v) is 2.44. The second-order valence-corrected chi connectivity index (χ2v) is 4.92. The van der Waals surface area contributed by atoms with Gasteiger partial charge >= 0.3 is 0 Å². The Morgan fingerprint density at radius 2 is 2.08 bits per heavy atom. The van der Waals surface area contributed by atoms with Crippen LogP contribution in [0.4, 0.5) is 0 Å². The smallest absolute Gasteiger partial charge is 0.0685 e. The summed E-state index contributed by atoms with van der Waals surface area (Å²) in [6.07, 6.45) is 3.39. The first kappa shape index (κ1) is 10.7. The average Bonchev–Trinajstić information content (AvgIpc) is 2.23. The minimum Gasteiger partial charge on any atom is -0.390 e. The highest BCUT2D eigenvalue weighted by Crippen LogP contribution is 2.45. The van der Waals surface area contributed by atoms with Gasteiger partial charge in [-0.3, -0.25) is 0 Å². The molecule has 3 atom stereocenters. The second kappa shape index (κ2) is 3.10. The number of hydrogen-bond acceptors (Lipinski definition) is 2. The van der Waals surface area contributed by atoms with Crippen molar-refractivity contribution < 1.29 is 10.2 Å². The van der Waals surface area contributed by atoms with E-state index >= 15 is 0 Å². The Hall–Kier alpha value is -0.340. The van der Waals surface area contributed by atoms with Crippen molar-refractivity contribution in [2.75, 3.05) is 0 Å². The van der Waals surface area contributed by atoms with Crippen LogP contribution in [0.1, 0.15) is 33.6 Å². The molecule has 13 heavy (non-hydrogen) atoms. The van der Waals surface area contributed by atoms with Crippen molar-refractivity contribution in [3.05, 3.63) is 12.7 Å². The highest BCUT2D eigenvalue weighted by molar-refractivity contribution is 5.06. The summed E-state index contributed by atoms with van der Waals surface area (Å²) in [5.74, 6) is 0.132. The van der Waals surface area contributed by atoms with Gasteiger partial charge in [0.15, 0.2) is 0 Å². The largest absolute Gasteiger partial charge is 0.390 e. The lowest BCUT2D eigenvalue weighted by Gasteiger charge is -2.33. The topological polar surface area (TPSA) is 40.5 Å². The van der Waals surface area contributed by atoms with Crippen LogP contribution in [0.5, 0.6) is 0 Å². The van der Waals surface area contributed by atoms with Gasteiger partial charge in [-0.05, 0) is 39.5 Å². The van der Waals surface area contributed by atoms with Gasteiger partial charge in [0.2, 0.25) is 0 Å². The fraction of sp³-hybridized carbons (Fsp3) is 0.818. The van der Waals surface area contributed by atoms with Crippen molar-refractivity contribution in [1.82, 2.24) is 0 Å². The monoisotopic (exact) mass is 184 g/mol. The third-order valence-corrected chi connectivity index (χ3v) is 3.27. The van der Waals surface area contributed by atoms with E-state index in [4.69, 9.17) is 0 Å². The first-order valence-electron chi connectivity index (χ1n) is 4.86. The highest BCUT2D eigenvalue weighted by atomic mass is 16.3. The average molecular weight is 184 g/mol. The van der Waals surface area contributed by atoms with Crippen molar-refractivity contribution in [3.63, 3.8) is 0 Å². The van der Waals surface area contributed by atoms with Gasteiger partial charge in [-0.1, -0.05) is 6.08 Å². The summed E-state index contributed by atoms with van der Waals surface area (Å²) >= 11 is 0. The first-order chi connectivity index (χ1) is 5.79. The van der Waals surface area contributed by atoms with Gasteiger partial charge in [0.25, 0.3) is 0 Å². The number of rotatable bonds is 2. The van der Waals surface area contributed by atoms with Gasteiger partial charge in [-0.25, -0.2) is 0 Å². The predicted molar refractivity (Wildman–Crippen MR) is 53.3 cm³/mol. The van der Waals surface area contributed by atoms with E-state index in [-0.39, 0.29) is 11.8 Å². The van der Waals surface area contributed by atoms with Gasteiger partial charge < -0.3 is 10.2 Å². The summed E-state index contributed by atoms with van der Waals surface area (Å²) in [6, 6.07) is 0. The molecule has 1 aliphatic rings. The van der Waals surface area contributed by atoms with Crippen molar-refractivity contribution in [1.29, 1.82) is 0 Å². The SMILES string of the molecule is C=CC1C(C(C)(C)O)CCC1(C)O. The van der Waals surface area contributed by atoms with E-state index in [1.165, 1.54) is 0 Å². The zero-order chi connectivity index (χ0) is 10.3. The van der Waals surface area contributed by atoms with E-state index in [0.717, 1.165) is 12.8 Å². The Morgan fingerprint density at radius 3 is 2.38 bits per heavy atom. The number of hydrogen-bond donors (Lipinski definition) is 2. The minimum absolute atomic E-state index is 0.00694. The van der Waals surface area contributed by atoms with E-state index in [1.807, 2.05) is 6.92 Å². The van der Waals surface area contributed by atoms with Crippen LogP contribution in [-0.2, 0) is 0 Å². The Morgan fingerprint density at radius 1 is 1.54 bits per heavy atom. The van der Waals surface area contributed by atoms with Gasteiger partial charge in [0.05, 0.1) is 11.2 Å². The van der Waals surface area contributed by atoms with Crippen LogP contribution in [0.25, 0.3) is 0 Å². The molecule has 0 aromatic carbocycles. The van der Waals surface area contributed by atoms with Crippen LogP contribution in [0.2, 0.25) is 0 Å². The fourth-order valence-electron chi connectivity index (χ4n) is 2.44. The van der Waals surface area contributed by atoms with Gasteiger partial charge in [0, 0.05) is 5.92 Å². The maximum absolute atomic E-state index is 10.0. The van der Waals surface area contributed by atoms with Crippen LogP contribution in [0, 0.1) is 11.8 Å². The Labute approximate surface area is 80.3 Å². The van der Waals surface area contributed by atoms with Crippen LogP contribution in [0.15, 0.2) is 12.7 Å². The Balaban J connectivity index is 2.87. The molecule has 2 nitrogen and oxygen atoms in total. The molecule has 3 unspecified atom stereocenters. The third kappa shape index (κ3) is 1.94. The molecule has 0 aliphatic heterocycles. The standard InChI is InChI=1S/C11H20O2/c1-5-8-9(10(2,3)12)6-7-11(8,4)13/h5,8-9,12-13H,1,6-7H2,2-4H3. The summed E-state index contributed by atoms with van der Waals surface area (Å²) in [5.41, 5.74) is -1.41. The highest BCUT2D eigenvalue weighted by Gasteiger charge is 2.47. The first-order valence-corrected chi connectivity index (χ1v) is 4.86. The molecular weight excluding hydrogens is 164 g/mol. The third-order valence-electron chi connectivity index (χ3n) is 3.27.